The van der Waals surface area contributed by atoms with Crippen LogP contribution in [0, 0.1) is 0 Å². The van der Waals surface area contributed by atoms with E-state index in [1.54, 1.807) is 0 Å². The van der Waals surface area contributed by atoms with Crippen molar-refractivity contribution < 1.29 is 23.8 Å². The Morgan fingerprint density at radius 1 is 0.359 bits per heavy atom. The molecule has 64 heavy (non-hydrogen) atoms. The van der Waals surface area contributed by atoms with Gasteiger partial charge in [-0.1, -0.05) is 199 Å². The predicted molar refractivity (Wildman–Crippen MR) is 278 cm³/mol. The molecule has 0 aromatic carbocycles. The molecule has 0 aliphatic heterocycles. The summed E-state index contributed by atoms with van der Waals surface area (Å²) in [7, 11) is 0. The molecule has 0 bridgehead atoms. The van der Waals surface area contributed by atoms with Gasteiger partial charge in [-0.2, -0.15) is 0 Å². The highest BCUT2D eigenvalue weighted by Gasteiger charge is 2.17. The van der Waals surface area contributed by atoms with Crippen molar-refractivity contribution in [3.63, 3.8) is 0 Å². The number of carbonyl (C=O) groups excluding carboxylic acids is 2. The lowest BCUT2D eigenvalue weighted by atomic mass is 10.1. The van der Waals surface area contributed by atoms with E-state index in [-0.39, 0.29) is 25.2 Å². The Morgan fingerprint density at radius 3 is 1.14 bits per heavy atom. The SMILES string of the molecule is CC/C=C\C/C=C\C/C=C\C/C=C\C/C=C\CCCCCC(=O)OCC(COCC/C=C\C/C=C\C/C=C\C/C=C\C/C=C\CC)OC(=O)CCCCCCC/C=C\C/C=C\CCC. The zero-order chi connectivity index (χ0) is 46.3. The molecule has 0 saturated carbocycles. The van der Waals surface area contributed by atoms with Crippen molar-refractivity contribution >= 4 is 11.9 Å². The van der Waals surface area contributed by atoms with Crippen LogP contribution in [-0.4, -0.2) is 37.9 Å². The van der Waals surface area contributed by atoms with Gasteiger partial charge in [-0.05, 0) is 122 Å². The number of ether oxygens (including phenoxy) is 3. The van der Waals surface area contributed by atoms with Crippen LogP contribution in [0.5, 0.6) is 0 Å². The molecule has 0 heterocycles. The molecule has 0 aliphatic carbocycles. The van der Waals surface area contributed by atoms with Gasteiger partial charge in [-0.3, -0.25) is 9.59 Å². The molecule has 358 valence electrons. The maximum Gasteiger partial charge on any atom is 0.306 e. The Kier molecular flexibility index (Phi) is 49.6. The third kappa shape index (κ3) is 50.4. The molecule has 0 saturated heterocycles. The molecule has 0 aromatic rings. The lowest BCUT2D eigenvalue weighted by molar-refractivity contribution is -0.162. The fourth-order valence-corrected chi connectivity index (χ4v) is 6.17. The summed E-state index contributed by atoms with van der Waals surface area (Å²) in [6.45, 7) is 7.24. The van der Waals surface area contributed by atoms with Crippen LogP contribution in [0.3, 0.4) is 0 Å². The third-order valence-corrected chi connectivity index (χ3v) is 9.84. The summed E-state index contributed by atoms with van der Waals surface area (Å²) in [4.78, 5) is 25.4. The van der Waals surface area contributed by atoms with Crippen LogP contribution in [0.15, 0.2) is 146 Å². The standard InChI is InChI=1S/C59H92O5/c1-4-7-10-13-16-19-22-25-27-29-30-31-32-35-37-40-43-46-49-52-58(60)63-56-57(64-59(61)53-50-47-44-41-38-34-24-21-18-15-12-9-6-3)55-62-54-51-48-45-42-39-36-33-28-26-23-20-17-14-11-8-5-2/h7-8,10-12,15-17,19-21,24-28,30-31,35-37,39,45,48,57H,4-6,9,13-14,18,22-23,29,32-34,38,40-44,46-47,49-56H2,1-3H3/b10-7-,11-8-,15-12-,19-16-,20-17-,24-21-,27-25-,28-26-,31-30-,37-35-,39-36-,48-45-. The van der Waals surface area contributed by atoms with Crippen molar-refractivity contribution in [1.82, 2.24) is 0 Å². The van der Waals surface area contributed by atoms with Crippen molar-refractivity contribution in [3.8, 4) is 0 Å². The smallest absolute Gasteiger partial charge is 0.306 e. The monoisotopic (exact) mass is 881 g/mol. The van der Waals surface area contributed by atoms with Crippen LogP contribution in [0.25, 0.3) is 0 Å². The Bertz CT molecular complexity index is 1410. The minimum Gasteiger partial charge on any atom is -0.462 e. The lowest BCUT2D eigenvalue weighted by Crippen LogP contribution is -2.30. The van der Waals surface area contributed by atoms with Crippen molar-refractivity contribution in [3.05, 3.63) is 146 Å². The van der Waals surface area contributed by atoms with Gasteiger partial charge < -0.3 is 14.2 Å². The number of unbranched alkanes of at least 4 members (excludes halogenated alkanes) is 9. The quantitative estimate of drug-likeness (QED) is 0.0347. The summed E-state index contributed by atoms with van der Waals surface area (Å²) in [6.07, 6.45) is 77.3. The Labute approximate surface area is 393 Å². The molecule has 0 radical (unpaired) electrons. The van der Waals surface area contributed by atoms with Crippen molar-refractivity contribution in [2.45, 2.75) is 194 Å². The Hall–Kier alpha value is -4.22. The maximum absolute atomic E-state index is 12.8. The number of esters is 2. The van der Waals surface area contributed by atoms with E-state index in [0.717, 1.165) is 135 Å². The van der Waals surface area contributed by atoms with E-state index in [1.807, 2.05) is 0 Å². The second kappa shape index (κ2) is 53.1. The van der Waals surface area contributed by atoms with Gasteiger partial charge in [-0.15, -0.1) is 0 Å². The van der Waals surface area contributed by atoms with Crippen LogP contribution in [-0.2, 0) is 23.8 Å². The van der Waals surface area contributed by atoms with E-state index >= 15 is 0 Å². The normalized spacial score (nSPS) is 13.5. The molecule has 0 amide bonds. The number of carbonyl (C=O) groups is 2. The summed E-state index contributed by atoms with van der Waals surface area (Å²) >= 11 is 0. The molecule has 1 unspecified atom stereocenters. The molecule has 0 fully saturated rings. The minimum absolute atomic E-state index is 0.0220. The average molecular weight is 881 g/mol. The van der Waals surface area contributed by atoms with Crippen molar-refractivity contribution in [2.75, 3.05) is 19.8 Å². The zero-order valence-corrected chi connectivity index (χ0v) is 41.0. The first kappa shape index (κ1) is 59.8. The van der Waals surface area contributed by atoms with Gasteiger partial charge in [0.25, 0.3) is 0 Å². The van der Waals surface area contributed by atoms with Crippen molar-refractivity contribution in [1.29, 1.82) is 0 Å². The molecule has 0 N–H and O–H groups in total. The summed E-state index contributed by atoms with van der Waals surface area (Å²) in [5.74, 6) is -0.505. The van der Waals surface area contributed by atoms with E-state index in [4.69, 9.17) is 14.2 Å². The fourth-order valence-electron chi connectivity index (χ4n) is 6.17. The highest BCUT2D eigenvalue weighted by atomic mass is 16.6. The van der Waals surface area contributed by atoms with Crippen LogP contribution in [0.2, 0.25) is 0 Å². The van der Waals surface area contributed by atoms with Gasteiger partial charge in [0.2, 0.25) is 0 Å². The van der Waals surface area contributed by atoms with E-state index < -0.39 is 6.10 Å². The van der Waals surface area contributed by atoms with Gasteiger partial charge in [-0.25, -0.2) is 0 Å². The number of hydrogen-bond acceptors (Lipinski definition) is 5. The molecule has 5 heteroatoms. The Balaban J connectivity index is 4.49. The van der Waals surface area contributed by atoms with E-state index in [1.165, 1.54) is 19.3 Å². The summed E-state index contributed by atoms with van der Waals surface area (Å²) in [5, 5.41) is 0. The van der Waals surface area contributed by atoms with Crippen LogP contribution in [0.1, 0.15) is 188 Å². The van der Waals surface area contributed by atoms with E-state index in [9.17, 15) is 9.59 Å². The van der Waals surface area contributed by atoms with Crippen LogP contribution < -0.4 is 0 Å². The van der Waals surface area contributed by atoms with Gasteiger partial charge in [0.15, 0.2) is 6.10 Å². The third-order valence-electron chi connectivity index (χ3n) is 9.84. The van der Waals surface area contributed by atoms with Crippen LogP contribution >= 0.6 is 0 Å². The number of allylic oxidation sites excluding steroid dienone is 23. The average Bonchev–Trinajstić information content (AvgIpc) is 3.30. The first-order valence-electron chi connectivity index (χ1n) is 25.4. The first-order valence-corrected chi connectivity index (χ1v) is 25.4. The molecule has 0 spiro atoms. The molecule has 0 aromatic heterocycles. The summed E-state index contributed by atoms with van der Waals surface area (Å²) in [5.41, 5.74) is 0. The highest BCUT2D eigenvalue weighted by molar-refractivity contribution is 5.70. The number of hydrogen-bond donors (Lipinski definition) is 0. The molecule has 5 nitrogen and oxygen atoms in total. The second-order valence-corrected chi connectivity index (χ2v) is 15.9. The van der Waals surface area contributed by atoms with Gasteiger partial charge in [0, 0.05) is 12.8 Å². The van der Waals surface area contributed by atoms with E-state index in [2.05, 4.69) is 167 Å². The lowest BCUT2D eigenvalue weighted by Gasteiger charge is -2.18. The first-order chi connectivity index (χ1) is 31.6. The van der Waals surface area contributed by atoms with E-state index in [0.29, 0.717) is 19.4 Å². The van der Waals surface area contributed by atoms with Gasteiger partial charge in [0.1, 0.15) is 6.61 Å². The Morgan fingerprint density at radius 2 is 0.703 bits per heavy atom. The summed E-state index contributed by atoms with van der Waals surface area (Å²) < 4.78 is 17.2. The van der Waals surface area contributed by atoms with Gasteiger partial charge in [0.05, 0.1) is 13.2 Å². The second-order valence-electron chi connectivity index (χ2n) is 15.9. The largest absolute Gasteiger partial charge is 0.462 e. The predicted octanol–water partition coefficient (Wildman–Crippen LogP) is 17.3. The minimum atomic E-state index is -0.608. The topological polar surface area (TPSA) is 61.8 Å². The maximum atomic E-state index is 12.8. The highest BCUT2D eigenvalue weighted by Crippen LogP contribution is 2.11. The molecular weight excluding hydrogens is 789 g/mol. The molecule has 0 aliphatic rings. The summed E-state index contributed by atoms with van der Waals surface area (Å²) in [6, 6.07) is 0. The zero-order valence-electron chi connectivity index (χ0n) is 41.0. The van der Waals surface area contributed by atoms with Gasteiger partial charge >= 0.3 is 11.9 Å². The number of rotatable bonds is 44. The molecule has 0 rings (SSSR count). The molecule has 1 atom stereocenters. The van der Waals surface area contributed by atoms with Crippen LogP contribution in [0.4, 0.5) is 0 Å². The molecular formula is C59H92O5. The fraction of sp³-hybridized carbons (Fsp3) is 0.559. The van der Waals surface area contributed by atoms with Crippen molar-refractivity contribution in [2.24, 2.45) is 0 Å².